The summed E-state index contributed by atoms with van der Waals surface area (Å²) in [4.78, 5) is 13.8. The molecule has 0 unspecified atom stereocenters. The van der Waals surface area contributed by atoms with E-state index in [9.17, 15) is 10.1 Å². The molecule has 32 heavy (non-hydrogen) atoms. The van der Waals surface area contributed by atoms with Crippen LogP contribution in [0.15, 0.2) is 54.6 Å². The highest BCUT2D eigenvalue weighted by atomic mass is 32.1. The van der Waals surface area contributed by atoms with Crippen molar-refractivity contribution in [2.24, 2.45) is 0 Å². The van der Waals surface area contributed by atoms with Crippen molar-refractivity contribution in [1.29, 1.82) is 5.26 Å². The minimum absolute atomic E-state index is 0.252. The van der Waals surface area contributed by atoms with Crippen LogP contribution in [0.3, 0.4) is 0 Å². The molecule has 0 spiro atoms. The van der Waals surface area contributed by atoms with Gasteiger partial charge in [0.2, 0.25) is 5.91 Å². The summed E-state index contributed by atoms with van der Waals surface area (Å²) in [6.07, 6.45) is 7.38. The van der Waals surface area contributed by atoms with Crippen molar-refractivity contribution in [2.75, 3.05) is 12.4 Å². The Balaban J connectivity index is 1.45. The van der Waals surface area contributed by atoms with Crippen LogP contribution in [0.2, 0.25) is 0 Å². The number of hydrogen-bond acceptors (Lipinski definition) is 5. The van der Waals surface area contributed by atoms with Gasteiger partial charge in [0.15, 0.2) is 0 Å². The standard InChI is InChI=1S/C26H24N2O3S/c1-30-23-13-11-18(15-19(23)17-31-20-7-3-2-4-8-20)12-14-25(29)28-26-22(16-27)21-9-5-6-10-24(21)32-26/h2-4,7-8,11-15H,5-6,9-10,17H2,1H3,(H,28,29). The molecule has 162 valence electrons. The van der Waals surface area contributed by atoms with Crippen LogP contribution in [0.4, 0.5) is 5.00 Å². The van der Waals surface area contributed by atoms with E-state index in [1.165, 1.54) is 22.3 Å². The monoisotopic (exact) mass is 444 g/mol. The maximum absolute atomic E-state index is 12.5. The van der Waals surface area contributed by atoms with E-state index in [4.69, 9.17) is 9.47 Å². The Labute approximate surface area is 191 Å². The number of nitriles is 1. The van der Waals surface area contributed by atoms with Gasteiger partial charge in [-0.2, -0.15) is 5.26 Å². The third-order valence-electron chi connectivity index (χ3n) is 5.39. The molecule has 0 radical (unpaired) electrons. The maximum atomic E-state index is 12.5. The Morgan fingerprint density at radius 2 is 2.00 bits per heavy atom. The van der Waals surface area contributed by atoms with Crippen molar-refractivity contribution in [2.45, 2.75) is 32.3 Å². The Hall–Kier alpha value is -3.56. The number of nitrogens with zero attached hydrogens (tertiary/aromatic N) is 1. The molecule has 0 aliphatic heterocycles. The highest BCUT2D eigenvalue weighted by Crippen LogP contribution is 2.37. The number of anilines is 1. The van der Waals surface area contributed by atoms with Gasteiger partial charge in [-0.3, -0.25) is 4.79 Å². The second-order valence-electron chi connectivity index (χ2n) is 7.52. The third-order valence-corrected chi connectivity index (χ3v) is 6.60. The summed E-state index contributed by atoms with van der Waals surface area (Å²) >= 11 is 1.53. The first-order chi connectivity index (χ1) is 15.7. The molecule has 0 saturated heterocycles. The lowest BCUT2D eigenvalue weighted by Crippen LogP contribution is -2.08. The molecule has 3 aromatic rings. The highest BCUT2D eigenvalue weighted by molar-refractivity contribution is 7.16. The zero-order valence-electron chi connectivity index (χ0n) is 17.9. The first kappa shape index (κ1) is 21.7. The van der Waals surface area contributed by atoms with Crippen LogP contribution in [0, 0.1) is 11.3 Å². The number of fused-ring (bicyclic) bond motifs is 1. The molecule has 1 N–H and O–H groups in total. The van der Waals surface area contributed by atoms with Gasteiger partial charge < -0.3 is 14.8 Å². The number of para-hydroxylation sites is 1. The summed E-state index contributed by atoms with van der Waals surface area (Å²) in [5, 5.41) is 13.1. The lowest BCUT2D eigenvalue weighted by Gasteiger charge is -2.11. The van der Waals surface area contributed by atoms with E-state index in [0.717, 1.165) is 53.9 Å². The molecule has 1 amide bonds. The smallest absolute Gasteiger partial charge is 0.249 e. The summed E-state index contributed by atoms with van der Waals surface area (Å²) in [5.74, 6) is 1.25. The number of thiophene rings is 1. The molecule has 1 aliphatic carbocycles. The number of amides is 1. The molecule has 0 fully saturated rings. The van der Waals surface area contributed by atoms with E-state index < -0.39 is 0 Å². The average Bonchev–Trinajstić information content (AvgIpc) is 3.18. The largest absolute Gasteiger partial charge is 0.496 e. The van der Waals surface area contributed by atoms with E-state index in [2.05, 4.69) is 11.4 Å². The summed E-state index contributed by atoms with van der Waals surface area (Å²) in [7, 11) is 1.62. The zero-order chi connectivity index (χ0) is 22.3. The molecular weight excluding hydrogens is 420 g/mol. The summed E-state index contributed by atoms with van der Waals surface area (Å²) in [6, 6.07) is 17.6. The van der Waals surface area contributed by atoms with Crippen molar-refractivity contribution in [3.05, 3.63) is 81.7 Å². The van der Waals surface area contributed by atoms with Gasteiger partial charge in [-0.25, -0.2) is 0 Å². The van der Waals surface area contributed by atoms with Gasteiger partial charge in [0.05, 0.1) is 12.7 Å². The van der Waals surface area contributed by atoms with Gasteiger partial charge in [0.25, 0.3) is 0 Å². The third kappa shape index (κ3) is 5.01. The fraction of sp³-hybridized carbons (Fsp3) is 0.231. The minimum Gasteiger partial charge on any atom is -0.496 e. The lowest BCUT2D eigenvalue weighted by molar-refractivity contribution is -0.111. The minimum atomic E-state index is -0.252. The SMILES string of the molecule is COc1ccc(C=CC(=O)Nc2sc3c(c2C#N)CCCC3)cc1COc1ccccc1. The first-order valence-corrected chi connectivity index (χ1v) is 11.4. The summed E-state index contributed by atoms with van der Waals surface area (Å²) < 4.78 is 11.3. The molecule has 0 saturated carbocycles. The number of hydrogen-bond donors (Lipinski definition) is 1. The van der Waals surface area contributed by atoms with Gasteiger partial charge in [-0.05, 0) is 67.2 Å². The molecular formula is C26H24N2O3S. The molecule has 1 aromatic heterocycles. The maximum Gasteiger partial charge on any atom is 0.249 e. The zero-order valence-corrected chi connectivity index (χ0v) is 18.7. The average molecular weight is 445 g/mol. The topological polar surface area (TPSA) is 71.3 Å². The Kier molecular flexibility index (Phi) is 6.88. The van der Waals surface area contributed by atoms with Gasteiger partial charge >= 0.3 is 0 Å². The summed E-state index contributed by atoms with van der Waals surface area (Å²) in [5.41, 5.74) is 3.48. The number of rotatable bonds is 7. The van der Waals surface area contributed by atoms with Crippen LogP contribution in [0.1, 0.15) is 40.0 Å². The molecule has 4 rings (SSSR count). The van der Waals surface area contributed by atoms with Gasteiger partial charge in [0, 0.05) is 16.5 Å². The first-order valence-electron chi connectivity index (χ1n) is 10.6. The van der Waals surface area contributed by atoms with Crippen LogP contribution in [0.25, 0.3) is 6.08 Å². The second-order valence-corrected chi connectivity index (χ2v) is 8.63. The lowest BCUT2D eigenvalue weighted by atomic mass is 9.96. The van der Waals surface area contributed by atoms with Crippen LogP contribution in [0.5, 0.6) is 11.5 Å². The number of carbonyl (C=O) groups is 1. The summed E-state index contributed by atoms with van der Waals surface area (Å²) in [6.45, 7) is 0.355. The van der Waals surface area contributed by atoms with Crippen LogP contribution in [-0.4, -0.2) is 13.0 Å². The fourth-order valence-electron chi connectivity index (χ4n) is 3.79. The van der Waals surface area contributed by atoms with E-state index in [0.29, 0.717) is 17.2 Å². The van der Waals surface area contributed by atoms with Crippen LogP contribution < -0.4 is 14.8 Å². The van der Waals surface area contributed by atoms with Crippen molar-refractivity contribution in [3.8, 4) is 17.6 Å². The number of nitrogens with one attached hydrogen (secondary N) is 1. The number of ether oxygens (including phenoxy) is 2. The van der Waals surface area contributed by atoms with Gasteiger partial charge in [-0.15, -0.1) is 11.3 Å². The Bertz CT molecular complexity index is 1180. The van der Waals surface area contributed by atoms with Crippen molar-refractivity contribution in [3.63, 3.8) is 0 Å². The Morgan fingerprint density at radius 1 is 1.19 bits per heavy atom. The van der Waals surface area contributed by atoms with Crippen LogP contribution >= 0.6 is 11.3 Å². The predicted octanol–water partition coefficient (Wildman–Crippen LogP) is 5.74. The predicted molar refractivity (Wildman–Crippen MR) is 127 cm³/mol. The number of carbonyl (C=O) groups excluding carboxylic acids is 1. The van der Waals surface area contributed by atoms with E-state index in [1.54, 1.807) is 13.2 Å². The fourth-order valence-corrected chi connectivity index (χ4v) is 5.03. The van der Waals surface area contributed by atoms with Crippen LogP contribution in [-0.2, 0) is 24.2 Å². The van der Waals surface area contributed by atoms with Crippen molar-refractivity contribution in [1.82, 2.24) is 0 Å². The van der Waals surface area contributed by atoms with E-state index >= 15 is 0 Å². The number of benzene rings is 2. The van der Waals surface area contributed by atoms with Crippen molar-refractivity contribution >= 4 is 28.3 Å². The Morgan fingerprint density at radius 3 is 2.78 bits per heavy atom. The molecule has 2 aromatic carbocycles. The highest BCUT2D eigenvalue weighted by Gasteiger charge is 2.21. The second kappa shape index (κ2) is 10.2. The normalized spacial score (nSPS) is 12.8. The molecule has 0 atom stereocenters. The van der Waals surface area contributed by atoms with Gasteiger partial charge in [0.1, 0.15) is 29.2 Å². The van der Waals surface area contributed by atoms with Gasteiger partial charge in [-0.1, -0.05) is 24.3 Å². The molecule has 1 aliphatic rings. The molecule has 5 nitrogen and oxygen atoms in total. The van der Waals surface area contributed by atoms with E-state index in [-0.39, 0.29) is 5.91 Å². The van der Waals surface area contributed by atoms with E-state index in [1.807, 2.05) is 48.5 Å². The number of aryl methyl sites for hydroxylation is 1. The molecule has 0 bridgehead atoms. The molecule has 1 heterocycles. The number of methoxy groups -OCH3 is 1. The van der Waals surface area contributed by atoms with Crippen molar-refractivity contribution < 1.29 is 14.3 Å². The molecule has 6 heteroatoms. The quantitative estimate of drug-likeness (QED) is 0.472.